The molecule has 0 saturated carbocycles. The fraction of sp³-hybridized carbons (Fsp3) is 0.464. The van der Waals surface area contributed by atoms with Crippen molar-refractivity contribution in [3.05, 3.63) is 52.0 Å². The number of carbonyl (C=O) groups is 2. The van der Waals surface area contributed by atoms with E-state index in [2.05, 4.69) is 39.9 Å². The molecule has 4 rings (SSSR count). The van der Waals surface area contributed by atoms with Gasteiger partial charge in [-0.2, -0.15) is 5.26 Å². The van der Waals surface area contributed by atoms with Crippen molar-refractivity contribution in [2.45, 2.75) is 71.6 Å². The molecule has 1 saturated heterocycles. The van der Waals surface area contributed by atoms with Gasteiger partial charge in [0.15, 0.2) is 0 Å². The molecule has 0 radical (unpaired) electrons. The Bertz CT molecular complexity index is 1260. The van der Waals surface area contributed by atoms with Crippen molar-refractivity contribution in [3.63, 3.8) is 0 Å². The third kappa shape index (κ3) is 4.45. The number of carbonyl (C=O) groups excluding carboxylic acids is 2. The molecular formula is C28H33BrN4O3. The molecule has 2 atom stereocenters. The third-order valence-electron chi connectivity index (χ3n) is 6.92. The second-order valence-electron chi connectivity index (χ2n) is 11.2. The van der Waals surface area contributed by atoms with Crippen LogP contribution in [0.3, 0.4) is 0 Å². The lowest BCUT2D eigenvalue weighted by Crippen LogP contribution is -2.59. The summed E-state index contributed by atoms with van der Waals surface area (Å²) in [7, 11) is 0. The summed E-state index contributed by atoms with van der Waals surface area (Å²) in [6, 6.07) is 13.8. The van der Waals surface area contributed by atoms with E-state index in [1.165, 1.54) is 0 Å². The summed E-state index contributed by atoms with van der Waals surface area (Å²) in [4.78, 5) is 32.1. The molecule has 2 aromatic carbocycles. The highest BCUT2D eigenvalue weighted by molar-refractivity contribution is 9.10. The smallest absolute Gasteiger partial charge is 0.410 e. The van der Waals surface area contributed by atoms with Crippen LogP contribution in [0.5, 0.6) is 0 Å². The van der Waals surface area contributed by atoms with Gasteiger partial charge in [0.1, 0.15) is 11.7 Å². The van der Waals surface area contributed by atoms with E-state index >= 15 is 0 Å². The molecule has 2 heterocycles. The Morgan fingerprint density at radius 3 is 2.44 bits per heavy atom. The first-order valence-corrected chi connectivity index (χ1v) is 13.0. The first kappa shape index (κ1) is 26.0. The van der Waals surface area contributed by atoms with Crippen LogP contribution in [0.15, 0.2) is 40.9 Å². The van der Waals surface area contributed by atoms with Crippen LogP contribution in [0.1, 0.15) is 59.6 Å². The molecule has 1 fully saturated rings. The molecular weight excluding hydrogens is 520 g/mol. The second kappa shape index (κ2) is 9.11. The Kier molecular flexibility index (Phi) is 6.59. The summed E-state index contributed by atoms with van der Waals surface area (Å²) in [5.74, 6) is -0.0691. The molecule has 0 bridgehead atoms. The maximum Gasteiger partial charge on any atom is 0.410 e. The number of fused-ring (bicyclic) bond motifs is 1. The predicted octanol–water partition coefficient (Wildman–Crippen LogP) is 6.11. The van der Waals surface area contributed by atoms with Gasteiger partial charge in [0.25, 0.3) is 0 Å². The molecule has 2 aliphatic rings. The van der Waals surface area contributed by atoms with Gasteiger partial charge < -0.3 is 14.5 Å². The maximum absolute atomic E-state index is 13.6. The minimum Gasteiger partial charge on any atom is -0.444 e. The molecule has 190 valence electrons. The number of anilines is 3. The van der Waals surface area contributed by atoms with Gasteiger partial charge in [-0.25, -0.2) is 4.79 Å². The van der Waals surface area contributed by atoms with Gasteiger partial charge in [0.05, 0.1) is 22.4 Å². The zero-order valence-corrected chi connectivity index (χ0v) is 23.5. The zero-order valence-electron chi connectivity index (χ0n) is 21.9. The number of benzene rings is 2. The Balaban J connectivity index is 1.70. The average molecular weight is 554 g/mol. The number of piperazine rings is 1. The zero-order chi connectivity index (χ0) is 26.6. The maximum atomic E-state index is 13.6. The molecule has 2 aromatic rings. The number of nitriles is 1. The monoisotopic (exact) mass is 552 g/mol. The van der Waals surface area contributed by atoms with E-state index in [-0.39, 0.29) is 24.1 Å². The van der Waals surface area contributed by atoms with E-state index in [9.17, 15) is 14.9 Å². The fourth-order valence-electron chi connectivity index (χ4n) is 5.03. The van der Waals surface area contributed by atoms with Gasteiger partial charge in [-0.15, -0.1) is 0 Å². The molecule has 0 spiro atoms. The molecule has 2 aliphatic heterocycles. The van der Waals surface area contributed by atoms with Gasteiger partial charge in [-0.1, -0.05) is 12.1 Å². The largest absolute Gasteiger partial charge is 0.444 e. The van der Waals surface area contributed by atoms with E-state index in [1.807, 2.05) is 65.8 Å². The van der Waals surface area contributed by atoms with Crippen molar-refractivity contribution in [2.24, 2.45) is 0 Å². The summed E-state index contributed by atoms with van der Waals surface area (Å²) in [5, 5.41) is 9.82. The number of amides is 2. The summed E-state index contributed by atoms with van der Waals surface area (Å²) < 4.78 is 6.27. The number of rotatable bonds is 2. The Labute approximate surface area is 221 Å². The van der Waals surface area contributed by atoms with Crippen molar-refractivity contribution in [1.82, 2.24) is 4.90 Å². The van der Waals surface area contributed by atoms with Gasteiger partial charge in [0.2, 0.25) is 5.91 Å². The number of halogens is 1. The number of hydrogen-bond acceptors (Lipinski definition) is 5. The van der Waals surface area contributed by atoms with Crippen LogP contribution >= 0.6 is 15.9 Å². The predicted molar refractivity (Wildman–Crippen MR) is 145 cm³/mol. The minimum absolute atomic E-state index is 0.0471. The van der Waals surface area contributed by atoms with Gasteiger partial charge in [-0.3, -0.25) is 9.69 Å². The minimum atomic E-state index is -0.725. The van der Waals surface area contributed by atoms with E-state index in [1.54, 1.807) is 15.9 Å². The fourth-order valence-corrected chi connectivity index (χ4v) is 5.47. The van der Waals surface area contributed by atoms with Crippen molar-refractivity contribution in [3.8, 4) is 6.07 Å². The number of ether oxygens (including phenoxy) is 1. The highest BCUT2D eigenvalue weighted by atomic mass is 79.9. The standard InChI is InChI=1S/C28H33BrN4O3/c1-17-16-32(26(35)36-27(3,4)5)18(2)15-31(17)19-11-12-21-24(13-19)33(25(34)28(21,6)7)23-10-8-9-22(29)20(23)14-30/h8-13,17-18H,15-16H2,1-7H3/t17-,18+/m0/s1. The van der Waals surface area contributed by atoms with E-state index in [0.29, 0.717) is 28.8 Å². The molecule has 0 unspecified atom stereocenters. The Hall–Kier alpha value is -3.05. The van der Waals surface area contributed by atoms with E-state index in [4.69, 9.17) is 4.74 Å². The SMILES string of the molecule is C[C@@H]1CN(c2ccc3c(c2)N(c2cccc(Br)c2C#N)C(=O)C3(C)C)[C@@H](C)CN1C(=O)OC(C)(C)C. The van der Waals surface area contributed by atoms with Crippen LogP contribution in [0.2, 0.25) is 0 Å². The van der Waals surface area contributed by atoms with Crippen LogP contribution in [0.25, 0.3) is 0 Å². The lowest BCUT2D eigenvalue weighted by Gasteiger charge is -2.45. The molecule has 0 N–H and O–H groups in total. The van der Waals surface area contributed by atoms with Crippen molar-refractivity contribution in [2.75, 3.05) is 22.9 Å². The van der Waals surface area contributed by atoms with E-state index in [0.717, 1.165) is 16.9 Å². The van der Waals surface area contributed by atoms with E-state index < -0.39 is 11.0 Å². The highest BCUT2D eigenvalue weighted by Crippen LogP contribution is 2.48. The molecule has 0 aromatic heterocycles. The highest BCUT2D eigenvalue weighted by Gasteiger charge is 2.46. The van der Waals surface area contributed by atoms with Crippen LogP contribution in [-0.4, -0.2) is 47.7 Å². The summed E-state index contributed by atoms with van der Waals surface area (Å²) in [6.07, 6.45) is -0.298. The summed E-state index contributed by atoms with van der Waals surface area (Å²) >= 11 is 3.46. The molecule has 7 nitrogen and oxygen atoms in total. The van der Waals surface area contributed by atoms with Crippen LogP contribution in [0.4, 0.5) is 21.9 Å². The topological polar surface area (TPSA) is 76.9 Å². The Morgan fingerprint density at radius 2 is 1.81 bits per heavy atom. The average Bonchev–Trinajstić information content (AvgIpc) is 2.98. The lowest BCUT2D eigenvalue weighted by molar-refractivity contribution is -0.121. The quantitative estimate of drug-likeness (QED) is 0.449. The first-order chi connectivity index (χ1) is 16.8. The summed E-state index contributed by atoms with van der Waals surface area (Å²) in [6.45, 7) is 14.7. The van der Waals surface area contributed by atoms with Gasteiger partial charge in [0, 0.05) is 35.3 Å². The van der Waals surface area contributed by atoms with Crippen molar-refractivity contribution in [1.29, 1.82) is 5.26 Å². The second-order valence-corrected chi connectivity index (χ2v) is 12.1. The number of hydrogen-bond donors (Lipinski definition) is 0. The molecule has 0 aliphatic carbocycles. The van der Waals surface area contributed by atoms with Crippen LogP contribution in [0, 0.1) is 11.3 Å². The van der Waals surface area contributed by atoms with Crippen LogP contribution < -0.4 is 9.80 Å². The first-order valence-electron chi connectivity index (χ1n) is 12.2. The molecule has 2 amide bonds. The van der Waals surface area contributed by atoms with Gasteiger partial charge in [-0.05, 0) is 94.2 Å². The van der Waals surface area contributed by atoms with Crippen molar-refractivity contribution >= 4 is 45.0 Å². The van der Waals surface area contributed by atoms with Crippen LogP contribution in [-0.2, 0) is 14.9 Å². The normalized spacial score (nSPS) is 21.3. The number of nitrogens with zero attached hydrogens (tertiary/aromatic N) is 4. The lowest BCUT2D eigenvalue weighted by atomic mass is 9.86. The third-order valence-corrected chi connectivity index (χ3v) is 7.58. The van der Waals surface area contributed by atoms with Crippen molar-refractivity contribution < 1.29 is 14.3 Å². The summed E-state index contributed by atoms with van der Waals surface area (Å²) in [5.41, 5.74) is 2.40. The molecule has 36 heavy (non-hydrogen) atoms. The molecule has 8 heteroatoms. The van der Waals surface area contributed by atoms with Gasteiger partial charge >= 0.3 is 6.09 Å². The Morgan fingerprint density at radius 1 is 1.11 bits per heavy atom.